The van der Waals surface area contributed by atoms with Crippen molar-refractivity contribution in [3.63, 3.8) is 0 Å². The van der Waals surface area contributed by atoms with Crippen molar-refractivity contribution >= 4 is 16.8 Å². The predicted molar refractivity (Wildman–Crippen MR) is 46.0 cm³/mol. The van der Waals surface area contributed by atoms with Gasteiger partial charge >= 0.3 is 6.18 Å². The number of alkyl halides is 3. The van der Waals surface area contributed by atoms with Crippen LogP contribution >= 0.6 is 11.6 Å². The first-order valence-corrected chi connectivity index (χ1v) is 4.12. The molecule has 1 rings (SSSR count). The molecule has 0 heterocycles. The van der Waals surface area contributed by atoms with Crippen LogP contribution in [0.4, 0.5) is 13.2 Å². The van der Waals surface area contributed by atoms with Crippen LogP contribution in [0.15, 0.2) is 24.3 Å². The number of carbonyl (C=O) groups excluding carboxylic acids is 1. The lowest BCUT2D eigenvalue weighted by Gasteiger charge is -2.10. The Labute approximate surface area is 83.5 Å². The van der Waals surface area contributed by atoms with Gasteiger partial charge in [-0.2, -0.15) is 13.2 Å². The van der Waals surface area contributed by atoms with Gasteiger partial charge in [0.1, 0.15) is 0 Å². The molecule has 0 aliphatic heterocycles. The summed E-state index contributed by atoms with van der Waals surface area (Å²) in [4.78, 5) is 10.5. The Morgan fingerprint density at radius 3 is 2.36 bits per heavy atom. The molecule has 0 N–H and O–H groups in total. The summed E-state index contributed by atoms with van der Waals surface area (Å²) in [7, 11) is 0. The molecule has 1 aromatic rings. The second kappa shape index (κ2) is 4.00. The molecule has 0 saturated carbocycles. The topological polar surface area (TPSA) is 17.1 Å². The van der Waals surface area contributed by atoms with Crippen LogP contribution in [-0.4, -0.2) is 5.24 Å². The van der Waals surface area contributed by atoms with Gasteiger partial charge in [0, 0.05) is 6.42 Å². The third-order valence-corrected chi connectivity index (χ3v) is 1.79. The van der Waals surface area contributed by atoms with Crippen LogP contribution in [0.3, 0.4) is 0 Å². The van der Waals surface area contributed by atoms with Crippen molar-refractivity contribution in [2.45, 2.75) is 12.6 Å². The Hall–Kier alpha value is -1.03. The Morgan fingerprint density at radius 2 is 1.86 bits per heavy atom. The molecular weight excluding hydrogens is 217 g/mol. The molecule has 0 radical (unpaired) electrons. The van der Waals surface area contributed by atoms with Gasteiger partial charge in [-0.25, -0.2) is 0 Å². The molecular formula is C9H6ClF3O. The highest BCUT2D eigenvalue weighted by Crippen LogP contribution is 2.32. The monoisotopic (exact) mass is 222 g/mol. The van der Waals surface area contributed by atoms with Crippen LogP contribution in [0, 0.1) is 0 Å². The van der Waals surface area contributed by atoms with Crippen LogP contribution in [-0.2, 0) is 17.4 Å². The normalized spacial score (nSPS) is 11.4. The molecule has 0 unspecified atom stereocenters. The first kappa shape index (κ1) is 11.0. The van der Waals surface area contributed by atoms with Crippen molar-refractivity contribution in [2.24, 2.45) is 0 Å². The van der Waals surface area contributed by atoms with Gasteiger partial charge < -0.3 is 0 Å². The van der Waals surface area contributed by atoms with Crippen LogP contribution in [0.1, 0.15) is 11.1 Å². The Morgan fingerprint density at radius 1 is 1.29 bits per heavy atom. The molecule has 0 bridgehead atoms. The number of carbonyl (C=O) groups is 1. The summed E-state index contributed by atoms with van der Waals surface area (Å²) in [6, 6.07) is 4.87. The first-order chi connectivity index (χ1) is 6.41. The lowest BCUT2D eigenvalue weighted by Crippen LogP contribution is -2.10. The molecule has 0 saturated heterocycles. The van der Waals surface area contributed by atoms with Gasteiger partial charge in [0.2, 0.25) is 5.24 Å². The van der Waals surface area contributed by atoms with Gasteiger partial charge in [-0.15, -0.1) is 0 Å². The number of benzene rings is 1. The molecule has 1 aromatic carbocycles. The minimum absolute atomic E-state index is 0.0972. The fraction of sp³-hybridized carbons (Fsp3) is 0.222. The summed E-state index contributed by atoms with van der Waals surface area (Å²) in [6.45, 7) is 0. The minimum atomic E-state index is -4.44. The molecule has 1 nitrogen and oxygen atoms in total. The molecule has 0 aromatic heterocycles. The van der Waals surface area contributed by atoms with Crippen molar-refractivity contribution in [2.75, 3.05) is 0 Å². The first-order valence-electron chi connectivity index (χ1n) is 3.74. The second-order valence-corrected chi connectivity index (χ2v) is 3.11. The minimum Gasteiger partial charge on any atom is -0.281 e. The maximum Gasteiger partial charge on any atom is 0.416 e. The van der Waals surface area contributed by atoms with Crippen molar-refractivity contribution in [1.82, 2.24) is 0 Å². The highest BCUT2D eigenvalue weighted by Gasteiger charge is 2.33. The van der Waals surface area contributed by atoms with Crippen molar-refractivity contribution < 1.29 is 18.0 Å². The fourth-order valence-electron chi connectivity index (χ4n) is 1.10. The van der Waals surface area contributed by atoms with E-state index in [4.69, 9.17) is 11.6 Å². The van der Waals surface area contributed by atoms with Gasteiger partial charge in [0.15, 0.2) is 0 Å². The van der Waals surface area contributed by atoms with Crippen molar-refractivity contribution in [3.8, 4) is 0 Å². The number of halogens is 4. The van der Waals surface area contributed by atoms with Crippen LogP contribution in [0.5, 0.6) is 0 Å². The van der Waals surface area contributed by atoms with E-state index in [0.717, 1.165) is 6.07 Å². The third-order valence-electron chi connectivity index (χ3n) is 1.65. The molecule has 0 amide bonds. The third kappa shape index (κ3) is 2.73. The zero-order valence-corrected chi connectivity index (χ0v) is 7.69. The molecule has 0 atom stereocenters. The number of hydrogen-bond donors (Lipinski definition) is 0. The van der Waals surface area contributed by atoms with E-state index < -0.39 is 23.4 Å². The highest BCUT2D eigenvalue weighted by molar-refractivity contribution is 6.63. The van der Waals surface area contributed by atoms with Crippen LogP contribution in [0.25, 0.3) is 0 Å². The average Bonchev–Trinajstić information content (AvgIpc) is 2.01. The van der Waals surface area contributed by atoms with Gasteiger partial charge in [-0.3, -0.25) is 4.79 Å². The SMILES string of the molecule is O=C(Cl)Cc1ccccc1C(F)(F)F. The molecule has 0 aliphatic rings. The van der Waals surface area contributed by atoms with E-state index in [0.29, 0.717) is 0 Å². The molecule has 0 spiro atoms. The summed E-state index contributed by atoms with van der Waals surface area (Å²) in [5.74, 6) is 0. The van der Waals surface area contributed by atoms with E-state index >= 15 is 0 Å². The highest BCUT2D eigenvalue weighted by atomic mass is 35.5. The molecule has 5 heteroatoms. The largest absolute Gasteiger partial charge is 0.416 e. The van der Waals surface area contributed by atoms with Gasteiger partial charge in [0.05, 0.1) is 5.56 Å². The van der Waals surface area contributed by atoms with E-state index in [2.05, 4.69) is 0 Å². The van der Waals surface area contributed by atoms with Crippen LogP contribution in [0.2, 0.25) is 0 Å². The molecule has 76 valence electrons. The standard InChI is InChI=1S/C9H6ClF3O/c10-8(14)5-6-3-1-2-4-7(6)9(11,12)13/h1-4H,5H2. The van der Waals surface area contributed by atoms with Crippen molar-refractivity contribution in [1.29, 1.82) is 0 Å². The van der Waals surface area contributed by atoms with E-state index in [-0.39, 0.29) is 5.56 Å². The van der Waals surface area contributed by atoms with E-state index in [1.54, 1.807) is 0 Å². The Bertz CT molecular complexity index is 346. The Balaban J connectivity index is 3.10. The molecule has 14 heavy (non-hydrogen) atoms. The van der Waals surface area contributed by atoms with Gasteiger partial charge in [-0.05, 0) is 23.2 Å². The maximum absolute atomic E-state index is 12.3. The van der Waals surface area contributed by atoms with E-state index in [1.807, 2.05) is 0 Å². The summed E-state index contributed by atoms with van der Waals surface area (Å²) < 4.78 is 37.0. The van der Waals surface area contributed by atoms with E-state index in [9.17, 15) is 18.0 Å². The van der Waals surface area contributed by atoms with Crippen molar-refractivity contribution in [3.05, 3.63) is 35.4 Å². The lowest BCUT2D eigenvalue weighted by atomic mass is 10.1. The molecule has 0 fully saturated rings. The summed E-state index contributed by atoms with van der Waals surface area (Å²) in [5.41, 5.74) is -0.908. The zero-order valence-electron chi connectivity index (χ0n) is 6.94. The number of rotatable bonds is 2. The quantitative estimate of drug-likeness (QED) is 0.703. The molecule has 0 aliphatic carbocycles. The smallest absolute Gasteiger partial charge is 0.281 e. The zero-order chi connectivity index (χ0) is 10.8. The average molecular weight is 223 g/mol. The van der Waals surface area contributed by atoms with Crippen LogP contribution < -0.4 is 0 Å². The second-order valence-electron chi connectivity index (χ2n) is 2.69. The van der Waals surface area contributed by atoms with Gasteiger partial charge in [0.25, 0.3) is 0 Å². The maximum atomic E-state index is 12.3. The Kier molecular flexibility index (Phi) is 3.16. The lowest BCUT2D eigenvalue weighted by molar-refractivity contribution is -0.138. The predicted octanol–water partition coefficient (Wildman–Crippen LogP) is 3.01. The number of hydrogen-bond acceptors (Lipinski definition) is 1. The summed E-state index contributed by atoms with van der Waals surface area (Å²) in [5, 5.41) is -0.804. The van der Waals surface area contributed by atoms with E-state index in [1.165, 1.54) is 18.2 Å². The summed E-state index contributed by atoms with van der Waals surface area (Å²) >= 11 is 5.03. The summed E-state index contributed by atoms with van der Waals surface area (Å²) in [6.07, 6.45) is -4.85. The van der Waals surface area contributed by atoms with Gasteiger partial charge in [-0.1, -0.05) is 18.2 Å². The fourth-order valence-corrected chi connectivity index (χ4v) is 1.24.